The Labute approximate surface area is 83.5 Å². The second kappa shape index (κ2) is 4.81. The van der Waals surface area contributed by atoms with Crippen molar-refractivity contribution in [2.75, 3.05) is 0 Å². The number of furan rings is 1. The molecule has 1 heterocycles. The van der Waals surface area contributed by atoms with E-state index in [1.54, 1.807) is 18.6 Å². The topological polar surface area (TPSA) is 68.3 Å². The lowest BCUT2D eigenvalue weighted by molar-refractivity contribution is -0.123. The van der Waals surface area contributed by atoms with Crippen LogP contribution in [0.2, 0.25) is 0 Å². The van der Waals surface area contributed by atoms with Crippen LogP contribution in [0, 0.1) is 5.92 Å². The largest absolute Gasteiger partial charge is 0.472 e. The van der Waals surface area contributed by atoms with Gasteiger partial charge >= 0.3 is 0 Å². The van der Waals surface area contributed by atoms with Crippen LogP contribution in [0.5, 0.6) is 0 Å². The maximum absolute atomic E-state index is 11.4. The normalized spacial score (nSPS) is 12.9. The molecule has 0 spiro atoms. The fourth-order valence-electron chi connectivity index (χ4n) is 1.00. The summed E-state index contributed by atoms with van der Waals surface area (Å²) in [6, 6.07) is 1.36. The van der Waals surface area contributed by atoms with Crippen LogP contribution in [0.15, 0.2) is 23.0 Å². The van der Waals surface area contributed by atoms with E-state index in [-0.39, 0.29) is 11.8 Å². The average molecular weight is 196 g/mol. The van der Waals surface area contributed by atoms with Crippen LogP contribution in [0.3, 0.4) is 0 Å². The van der Waals surface area contributed by atoms with Gasteiger partial charge in [-0.3, -0.25) is 4.79 Å². The number of nitrogens with one attached hydrogen (secondary N) is 1. The third kappa shape index (κ3) is 2.88. The van der Waals surface area contributed by atoms with Crippen LogP contribution >= 0.6 is 0 Å². The fourth-order valence-corrected chi connectivity index (χ4v) is 1.00. The molecular weight excluding hydrogens is 180 g/mol. The van der Waals surface area contributed by atoms with Crippen molar-refractivity contribution in [1.29, 1.82) is 0 Å². The first-order valence-corrected chi connectivity index (χ1v) is 4.65. The zero-order chi connectivity index (χ0) is 10.6. The first-order chi connectivity index (χ1) is 6.61. The molecule has 0 unspecified atom stereocenters. The van der Waals surface area contributed by atoms with Crippen LogP contribution in [0.4, 0.5) is 0 Å². The van der Waals surface area contributed by atoms with Gasteiger partial charge in [0.2, 0.25) is 5.91 Å². The highest BCUT2D eigenvalue weighted by Crippen LogP contribution is 2.01. The summed E-state index contributed by atoms with van der Waals surface area (Å²) < 4.78 is 4.87. The quantitative estimate of drug-likeness (QED) is 0.751. The molecule has 0 radical (unpaired) electrons. The minimum atomic E-state index is -0.443. The van der Waals surface area contributed by atoms with E-state index in [0.717, 1.165) is 5.56 Å². The summed E-state index contributed by atoms with van der Waals surface area (Å²) in [6.07, 6.45) is 3.17. The first kappa shape index (κ1) is 10.8. The van der Waals surface area contributed by atoms with Crippen LogP contribution in [0.25, 0.3) is 0 Å². The molecule has 0 aliphatic heterocycles. The Balaban J connectivity index is 2.35. The van der Waals surface area contributed by atoms with E-state index in [1.165, 1.54) is 0 Å². The summed E-state index contributed by atoms with van der Waals surface area (Å²) in [7, 11) is 0. The highest BCUT2D eigenvalue weighted by atomic mass is 16.3. The van der Waals surface area contributed by atoms with Crippen LogP contribution in [-0.2, 0) is 11.3 Å². The molecule has 14 heavy (non-hydrogen) atoms. The molecule has 1 aromatic heterocycles. The molecule has 1 rings (SSSR count). The van der Waals surface area contributed by atoms with E-state index in [2.05, 4.69) is 5.32 Å². The number of rotatable bonds is 4. The molecule has 0 saturated heterocycles. The molecule has 1 amide bonds. The Kier molecular flexibility index (Phi) is 3.71. The predicted octanol–water partition coefficient (Wildman–Crippen LogP) is 0.879. The van der Waals surface area contributed by atoms with Gasteiger partial charge in [0, 0.05) is 12.1 Å². The van der Waals surface area contributed by atoms with Crippen LogP contribution < -0.4 is 11.1 Å². The Hall–Kier alpha value is -1.29. The molecule has 1 atom stereocenters. The number of hydrogen-bond acceptors (Lipinski definition) is 3. The predicted molar refractivity (Wildman–Crippen MR) is 53.4 cm³/mol. The molecule has 0 aromatic carbocycles. The molecule has 4 heteroatoms. The van der Waals surface area contributed by atoms with Crippen LogP contribution in [0.1, 0.15) is 19.4 Å². The van der Waals surface area contributed by atoms with Crippen LogP contribution in [-0.4, -0.2) is 11.9 Å². The lowest BCUT2D eigenvalue weighted by Gasteiger charge is -2.14. The van der Waals surface area contributed by atoms with Crippen molar-refractivity contribution in [2.24, 2.45) is 11.7 Å². The van der Waals surface area contributed by atoms with Crippen molar-refractivity contribution in [3.8, 4) is 0 Å². The SMILES string of the molecule is CC(C)[C@@H](N)C(=O)NCc1ccoc1. The average Bonchev–Trinajstić information content (AvgIpc) is 2.65. The monoisotopic (exact) mass is 196 g/mol. The van der Waals surface area contributed by atoms with Crippen molar-refractivity contribution < 1.29 is 9.21 Å². The lowest BCUT2D eigenvalue weighted by Crippen LogP contribution is -2.43. The van der Waals surface area contributed by atoms with Crippen molar-refractivity contribution in [1.82, 2.24) is 5.32 Å². The summed E-state index contributed by atoms with van der Waals surface area (Å²) in [5.74, 6) is 0.0283. The zero-order valence-corrected chi connectivity index (χ0v) is 8.49. The smallest absolute Gasteiger partial charge is 0.237 e. The Morgan fingerprint density at radius 1 is 1.64 bits per heavy atom. The summed E-state index contributed by atoms with van der Waals surface area (Å²) in [5, 5.41) is 2.74. The number of amides is 1. The maximum atomic E-state index is 11.4. The maximum Gasteiger partial charge on any atom is 0.237 e. The molecule has 4 nitrogen and oxygen atoms in total. The van der Waals surface area contributed by atoms with Crippen molar-refractivity contribution >= 4 is 5.91 Å². The number of nitrogens with two attached hydrogens (primary N) is 1. The molecule has 3 N–H and O–H groups in total. The Bertz CT molecular complexity index is 280. The second-order valence-electron chi connectivity index (χ2n) is 3.62. The van der Waals surface area contributed by atoms with E-state index in [9.17, 15) is 4.79 Å². The van der Waals surface area contributed by atoms with E-state index in [4.69, 9.17) is 10.2 Å². The third-order valence-electron chi connectivity index (χ3n) is 2.07. The third-order valence-corrected chi connectivity index (χ3v) is 2.07. The molecular formula is C10H16N2O2. The molecule has 1 aromatic rings. The minimum Gasteiger partial charge on any atom is -0.472 e. The summed E-state index contributed by atoms with van der Waals surface area (Å²) in [4.78, 5) is 11.4. The van der Waals surface area contributed by atoms with Gasteiger partial charge in [-0.05, 0) is 12.0 Å². The lowest BCUT2D eigenvalue weighted by atomic mass is 10.1. The number of carbonyl (C=O) groups is 1. The number of carbonyl (C=O) groups excluding carboxylic acids is 1. The van der Waals surface area contributed by atoms with E-state index in [1.807, 2.05) is 13.8 Å². The summed E-state index contributed by atoms with van der Waals surface area (Å²) >= 11 is 0. The fraction of sp³-hybridized carbons (Fsp3) is 0.500. The second-order valence-corrected chi connectivity index (χ2v) is 3.62. The highest BCUT2D eigenvalue weighted by Gasteiger charge is 2.16. The molecule has 0 aliphatic carbocycles. The molecule has 0 saturated carbocycles. The van der Waals surface area contributed by atoms with Crippen molar-refractivity contribution in [3.05, 3.63) is 24.2 Å². The Morgan fingerprint density at radius 3 is 2.86 bits per heavy atom. The van der Waals surface area contributed by atoms with Gasteiger partial charge < -0.3 is 15.5 Å². The van der Waals surface area contributed by atoms with E-state index < -0.39 is 6.04 Å². The molecule has 78 valence electrons. The van der Waals surface area contributed by atoms with Gasteiger partial charge in [0.15, 0.2) is 0 Å². The molecule has 0 aliphatic rings. The van der Waals surface area contributed by atoms with Crippen molar-refractivity contribution in [3.63, 3.8) is 0 Å². The van der Waals surface area contributed by atoms with Crippen molar-refractivity contribution in [2.45, 2.75) is 26.4 Å². The zero-order valence-electron chi connectivity index (χ0n) is 8.49. The Morgan fingerprint density at radius 2 is 2.36 bits per heavy atom. The molecule has 0 fully saturated rings. The first-order valence-electron chi connectivity index (χ1n) is 4.65. The van der Waals surface area contributed by atoms with Gasteiger partial charge in [-0.2, -0.15) is 0 Å². The van der Waals surface area contributed by atoms with E-state index in [0.29, 0.717) is 6.54 Å². The van der Waals surface area contributed by atoms with Gasteiger partial charge in [-0.15, -0.1) is 0 Å². The van der Waals surface area contributed by atoms with Gasteiger partial charge in [0.25, 0.3) is 0 Å². The van der Waals surface area contributed by atoms with Gasteiger partial charge in [-0.1, -0.05) is 13.8 Å². The number of hydrogen-bond donors (Lipinski definition) is 2. The summed E-state index contributed by atoms with van der Waals surface area (Å²) in [6.45, 7) is 4.31. The standard InChI is InChI=1S/C10H16N2O2/c1-7(2)9(11)10(13)12-5-8-3-4-14-6-8/h3-4,6-7,9H,5,11H2,1-2H3,(H,12,13)/t9-/m1/s1. The van der Waals surface area contributed by atoms with Gasteiger partial charge in [0.1, 0.15) is 0 Å². The van der Waals surface area contributed by atoms with E-state index >= 15 is 0 Å². The van der Waals surface area contributed by atoms with Gasteiger partial charge in [-0.25, -0.2) is 0 Å². The highest BCUT2D eigenvalue weighted by molar-refractivity contribution is 5.81. The minimum absolute atomic E-state index is 0.124. The van der Waals surface area contributed by atoms with Gasteiger partial charge in [0.05, 0.1) is 18.6 Å². The molecule has 0 bridgehead atoms. The summed E-state index contributed by atoms with van der Waals surface area (Å²) in [5.41, 5.74) is 6.60.